The van der Waals surface area contributed by atoms with Gasteiger partial charge in [-0.1, -0.05) is 27.2 Å². The molecule has 19 heavy (non-hydrogen) atoms. The zero-order valence-electron chi connectivity index (χ0n) is 12.4. The van der Waals surface area contributed by atoms with Crippen molar-refractivity contribution in [3.63, 3.8) is 0 Å². The van der Waals surface area contributed by atoms with E-state index in [-0.39, 0.29) is 41.0 Å². The number of carbonyl (C=O) groups is 3. The first-order valence-electron chi connectivity index (χ1n) is 7.39. The van der Waals surface area contributed by atoms with Crippen LogP contribution in [0.4, 0.5) is 0 Å². The van der Waals surface area contributed by atoms with Gasteiger partial charge in [-0.3, -0.25) is 14.4 Å². The first kappa shape index (κ1) is 14.4. The molecule has 2 saturated carbocycles. The molecule has 0 saturated heterocycles. The van der Waals surface area contributed by atoms with Gasteiger partial charge in [-0.15, -0.1) is 0 Å². The molecular weight excluding hydrogens is 240 g/mol. The minimum Gasteiger partial charge on any atom is -0.299 e. The van der Waals surface area contributed by atoms with E-state index in [1.807, 2.05) is 13.8 Å². The topological polar surface area (TPSA) is 51.2 Å². The summed E-state index contributed by atoms with van der Waals surface area (Å²) in [7, 11) is 0. The van der Waals surface area contributed by atoms with Crippen LogP contribution in [0.5, 0.6) is 0 Å². The maximum atomic E-state index is 12.5. The summed E-state index contributed by atoms with van der Waals surface area (Å²) >= 11 is 0. The van der Waals surface area contributed by atoms with Crippen molar-refractivity contribution in [1.82, 2.24) is 0 Å². The van der Waals surface area contributed by atoms with Gasteiger partial charge in [0.2, 0.25) is 0 Å². The summed E-state index contributed by atoms with van der Waals surface area (Å²) in [5, 5.41) is 0. The van der Waals surface area contributed by atoms with Crippen molar-refractivity contribution in [2.75, 3.05) is 0 Å². The minimum absolute atomic E-state index is 0.121. The number of rotatable bonds is 2. The van der Waals surface area contributed by atoms with E-state index in [1.165, 1.54) is 0 Å². The van der Waals surface area contributed by atoms with Crippen molar-refractivity contribution in [1.29, 1.82) is 0 Å². The van der Waals surface area contributed by atoms with Crippen LogP contribution >= 0.6 is 0 Å². The molecule has 5 unspecified atom stereocenters. The number of fused-ring (bicyclic) bond motifs is 1. The van der Waals surface area contributed by atoms with Crippen molar-refractivity contribution >= 4 is 17.3 Å². The molecule has 3 heteroatoms. The number of carbonyl (C=O) groups excluding carboxylic acids is 3. The highest BCUT2D eigenvalue weighted by atomic mass is 16.1. The number of ketones is 3. The van der Waals surface area contributed by atoms with Gasteiger partial charge in [0.1, 0.15) is 17.3 Å². The Hall–Kier alpha value is -0.990. The molecule has 0 N–H and O–H groups in total. The van der Waals surface area contributed by atoms with Gasteiger partial charge in [0.25, 0.3) is 0 Å². The molecule has 0 radical (unpaired) electrons. The lowest BCUT2D eigenvalue weighted by Crippen LogP contribution is -2.53. The Bertz CT molecular complexity index is 426. The summed E-state index contributed by atoms with van der Waals surface area (Å²) in [5.74, 6) is 0.631. The summed E-state index contributed by atoms with van der Waals surface area (Å²) in [6.45, 7) is 7.53. The molecule has 2 fully saturated rings. The highest BCUT2D eigenvalue weighted by molar-refractivity contribution is 5.96. The summed E-state index contributed by atoms with van der Waals surface area (Å²) < 4.78 is 0. The predicted molar refractivity (Wildman–Crippen MR) is 72.6 cm³/mol. The predicted octanol–water partition coefficient (Wildman–Crippen LogP) is 2.81. The Kier molecular flexibility index (Phi) is 3.67. The molecule has 2 aliphatic rings. The van der Waals surface area contributed by atoms with Crippen LogP contribution in [0.2, 0.25) is 0 Å². The molecule has 0 spiro atoms. The van der Waals surface area contributed by atoms with Crippen molar-refractivity contribution in [2.45, 2.75) is 53.4 Å². The highest BCUT2D eigenvalue weighted by Gasteiger charge is 2.55. The fourth-order valence-electron chi connectivity index (χ4n) is 4.48. The zero-order valence-corrected chi connectivity index (χ0v) is 12.4. The fourth-order valence-corrected chi connectivity index (χ4v) is 4.48. The van der Waals surface area contributed by atoms with E-state index >= 15 is 0 Å². The Morgan fingerprint density at radius 3 is 2.47 bits per heavy atom. The Labute approximate surface area is 115 Å². The maximum absolute atomic E-state index is 12.5. The summed E-state index contributed by atoms with van der Waals surface area (Å²) in [6, 6.07) is 0. The Morgan fingerprint density at radius 1 is 1.32 bits per heavy atom. The van der Waals surface area contributed by atoms with Crippen LogP contribution in [-0.2, 0) is 14.4 Å². The zero-order chi connectivity index (χ0) is 14.4. The highest BCUT2D eigenvalue weighted by Crippen LogP contribution is 2.52. The van der Waals surface area contributed by atoms with Crippen LogP contribution in [0.1, 0.15) is 53.4 Å². The van der Waals surface area contributed by atoms with Crippen LogP contribution < -0.4 is 0 Å². The maximum Gasteiger partial charge on any atom is 0.137 e. The molecule has 0 aliphatic heterocycles. The largest absolute Gasteiger partial charge is 0.299 e. The second-order valence-electron chi connectivity index (χ2n) is 6.61. The van der Waals surface area contributed by atoms with Crippen LogP contribution in [0.3, 0.4) is 0 Å². The van der Waals surface area contributed by atoms with E-state index in [9.17, 15) is 14.4 Å². The van der Waals surface area contributed by atoms with Gasteiger partial charge >= 0.3 is 0 Å². The average molecular weight is 264 g/mol. The molecule has 0 amide bonds. The van der Waals surface area contributed by atoms with Gasteiger partial charge in [0, 0.05) is 30.1 Å². The molecular formula is C16H24O3. The quantitative estimate of drug-likeness (QED) is 0.770. The van der Waals surface area contributed by atoms with Gasteiger partial charge in [-0.05, 0) is 25.2 Å². The molecule has 0 heterocycles. The molecule has 0 aromatic rings. The molecule has 2 rings (SSSR count). The third-order valence-corrected chi connectivity index (χ3v) is 5.72. The number of hydrogen-bond donors (Lipinski definition) is 0. The normalized spacial score (nSPS) is 42.9. The van der Waals surface area contributed by atoms with E-state index in [0.717, 1.165) is 12.8 Å². The van der Waals surface area contributed by atoms with Gasteiger partial charge < -0.3 is 0 Å². The third-order valence-electron chi connectivity index (χ3n) is 5.72. The first-order chi connectivity index (χ1) is 8.82. The average Bonchev–Trinajstić information content (AvgIpc) is 2.33. The van der Waals surface area contributed by atoms with E-state index in [2.05, 4.69) is 6.92 Å². The Morgan fingerprint density at radius 2 is 1.95 bits per heavy atom. The van der Waals surface area contributed by atoms with Gasteiger partial charge in [-0.25, -0.2) is 0 Å². The van der Waals surface area contributed by atoms with Crippen LogP contribution in [0.25, 0.3) is 0 Å². The molecule has 0 bridgehead atoms. The molecule has 106 valence electrons. The van der Waals surface area contributed by atoms with Crippen molar-refractivity contribution in [3.8, 4) is 0 Å². The summed E-state index contributed by atoms with van der Waals surface area (Å²) in [6.07, 6.45) is 2.58. The molecule has 0 aromatic carbocycles. The van der Waals surface area contributed by atoms with Crippen molar-refractivity contribution < 1.29 is 14.4 Å². The van der Waals surface area contributed by atoms with Gasteiger partial charge in [-0.2, -0.15) is 0 Å². The summed E-state index contributed by atoms with van der Waals surface area (Å²) in [4.78, 5) is 36.4. The second kappa shape index (κ2) is 4.84. The van der Waals surface area contributed by atoms with E-state index in [1.54, 1.807) is 6.92 Å². The standard InChI is InChI=1S/C16H24O3/c1-5-12-11-6-7-13(18)9(2)15(11)14(19)8-16(12,4)10(3)17/h9,11-12,15H,5-8H2,1-4H3. The van der Waals surface area contributed by atoms with E-state index in [0.29, 0.717) is 12.8 Å². The first-order valence-corrected chi connectivity index (χ1v) is 7.39. The van der Waals surface area contributed by atoms with E-state index < -0.39 is 5.41 Å². The lowest BCUT2D eigenvalue weighted by molar-refractivity contribution is -0.154. The van der Waals surface area contributed by atoms with Crippen LogP contribution in [-0.4, -0.2) is 17.3 Å². The second-order valence-corrected chi connectivity index (χ2v) is 6.61. The minimum atomic E-state index is -0.521. The smallest absolute Gasteiger partial charge is 0.137 e. The third kappa shape index (κ3) is 2.07. The lowest BCUT2D eigenvalue weighted by Gasteiger charge is -2.50. The van der Waals surface area contributed by atoms with Gasteiger partial charge in [0.15, 0.2) is 0 Å². The van der Waals surface area contributed by atoms with Gasteiger partial charge in [0.05, 0.1) is 0 Å². The molecule has 3 nitrogen and oxygen atoms in total. The summed E-state index contributed by atoms with van der Waals surface area (Å²) in [5.41, 5.74) is -0.521. The van der Waals surface area contributed by atoms with Crippen molar-refractivity contribution in [3.05, 3.63) is 0 Å². The Balaban J connectivity index is 2.40. The van der Waals surface area contributed by atoms with Crippen molar-refractivity contribution in [2.24, 2.45) is 29.1 Å². The monoisotopic (exact) mass is 264 g/mol. The molecule has 2 aliphatic carbocycles. The molecule has 0 aromatic heterocycles. The van der Waals surface area contributed by atoms with Crippen LogP contribution in [0, 0.1) is 29.1 Å². The SMILES string of the molecule is CCC1C2CCC(=O)C(C)C2C(=O)CC1(C)C(C)=O. The fraction of sp³-hybridized carbons (Fsp3) is 0.812. The lowest BCUT2D eigenvalue weighted by atomic mass is 9.51. The molecule has 5 atom stereocenters. The number of hydrogen-bond acceptors (Lipinski definition) is 3. The number of Topliss-reactive ketones (excluding diaryl/α,β-unsaturated/α-hetero) is 3. The van der Waals surface area contributed by atoms with E-state index in [4.69, 9.17) is 0 Å². The van der Waals surface area contributed by atoms with Crippen LogP contribution in [0.15, 0.2) is 0 Å².